The van der Waals surface area contributed by atoms with Gasteiger partial charge in [0.25, 0.3) is 0 Å². The van der Waals surface area contributed by atoms with Crippen LogP contribution in [0.4, 0.5) is 0 Å². The van der Waals surface area contributed by atoms with E-state index in [1.54, 1.807) is 18.8 Å². The molecule has 28 heavy (non-hydrogen) atoms. The SMILES string of the molecule is CN=C(NCCC(=O)NC1CCS(=O)(=O)C1)NCC(C)Sc1ccccc1.I. The molecule has 0 radical (unpaired) electrons. The maximum Gasteiger partial charge on any atom is 0.222 e. The van der Waals surface area contributed by atoms with E-state index >= 15 is 0 Å². The molecule has 158 valence electrons. The number of carbonyl (C=O) groups is 1. The molecule has 1 fully saturated rings. The molecule has 0 spiro atoms. The standard InChI is InChI=1S/C18H28N4O3S2.HI/c1-14(26-16-6-4-3-5-7-16)12-21-18(19-2)20-10-8-17(23)22-15-9-11-27(24,25)13-15;/h3-7,14-15H,8-13H2,1-2H3,(H,22,23)(H2,19,20,21);1H. The van der Waals surface area contributed by atoms with Crippen molar-refractivity contribution in [2.45, 2.75) is 36.0 Å². The van der Waals surface area contributed by atoms with Crippen LogP contribution in [0.2, 0.25) is 0 Å². The number of thioether (sulfide) groups is 1. The third-order valence-electron chi connectivity index (χ3n) is 4.10. The number of hydrogen-bond acceptors (Lipinski definition) is 5. The van der Waals surface area contributed by atoms with Crippen molar-refractivity contribution in [2.75, 3.05) is 31.6 Å². The van der Waals surface area contributed by atoms with Crippen LogP contribution < -0.4 is 16.0 Å². The highest BCUT2D eigenvalue weighted by molar-refractivity contribution is 14.0. The van der Waals surface area contributed by atoms with Gasteiger partial charge in [-0.1, -0.05) is 25.1 Å². The highest BCUT2D eigenvalue weighted by Gasteiger charge is 2.28. The number of amides is 1. The number of guanidine groups is 1. The molecule has 1 aromatic rings. The first-order valence-corrected chi connectivity index (χ1v) is 11.7. The van der Waals surface area contributed by atoms with Gasteiger partial charge in [-0.05, 0) is 18.6 Å². The summed E-state index contributed by atoms with van der Waals surface area (Å²) in [5, 5.41) is 9.51. The lowest BCUT2D eigenvalue weighted by Gasteiger charge is -2.16. The third-order valence-corrected chi connectivity index (χ3v) is 6.98. The van der Waals surface area contributed by atoms with E-state index in [0.29, 0.717) is 24.2 Å². The Morgan fingerprint density at radius 2 is 2.00 bits per heavy atom. The van der Waals surface area contributed by atoms with Crippen LogP contribution in [0.3, 0.4) is 0 Å². The van der Waals surface area contributed by atoms with Gasteiger partial charge in [-0.15, -0.1) is 35.7 Å². The van der Waals surface area contributed by atoms with Crippen LogP contribution in [0.5, 0.6) is 0 Å². The number of hydrogen-bond donors (Lipinski definition) is 3. The van der Waals surface area contributed by atoms with E-state index in [-0.39, 0.29) is 53.9 Å². The summed E-state index contributed by atoms with van der Waals surface area (Å²) in [6.45, 7) is 3.32. The van der Waals surface area contributed by atoms with E-state index in [4.69, 9.17) is 0 Å². The number of rotatable bonds is 8. The Morgan fingerprint density at radius 3 is 2.61 bits per heavy atom. The zero-order valence-electron chi connectivity index (χ0n) is 16.2. The molecule has 1 saturated heterocycles. The maximum atomic E-state index is 11.9. The van der Waals surface area contributed by atoms with Gasteiger partial charge in [0.05, 0.1) is 11.5 Å². The zero-order chi connectivity index (χ0) is 19.7. The first-order valence-electron chi connectivity index (χ1n) is 9.04. The van der Waals surface area contributed by atoms with Crippen LogP contribution in [0, 0.1) is 0 Å². The molecule has 3 N–H and O–H groups in total. The average molecular weight is 540 g/mol. The fraction of sp³-hybridized carbons (Fsp3) is 0.556. The molecule has 1 aliphatic heterocycles. The highest BCUT2D eigenvalue weighted by atomic mass is 127. The second kappa shape index (κ2) is 12.5. The summed E-state index contributed by atoms with van der Waals surface area (Å²) >= 11 is 1.78. The molecule has 10 heteroatoms. The topological polar surface area (TPSA) is 99.7 Å². The van der Waals surface area contributed by atoms with Crippen molar-refractivity contribution >= 4 is 57.4 Å². The van der Waals surface area contributed by atoms with Crippen molar-refractivity contribution in [1.82, 2.24) is 16.0 Å². The molecular weight excluding hydrogens is 511 g/mol. The van der Waals surface area contributed by atoms with Crippen molar-refractivity contribution in [3.8, 4) is 0 Å². The van der Waals surface area contributed by atoms with E-state index in [9.17, 15) is 13.2 Å². The second-order valence-electron chi connectivity index (χ2n) is 6.54. The summed E-state index contributed by atoms with van der Waals surface area (Å²) in [6.07, 6.45) is 0.771. The highest BCUT2D eigenvalue weighted by Crippen LogP contribution is 2.21. The lowest BCUT2D eigenvalue weighted by atomic mass is 10.2. The van der Waals surface area contributed by atoms with Gasteiger partial charge in [-0.2, -0.15) is 0 Å². The number of nitrogens with zero attached hydrogens (tertiary/aromatic N) is 1. The molecule has 2 rings (SSSR count). The van der Waals surface area contributed by atoms with Crippen LogP contribution in [0.1, 0.15) is 19.8 Å². The van der Waals surface area contributed by atoms with Crippen LogP contribution in [-0.2, 0) is 14.6 Å². The van der Waals surface area contributed by atoms with Gasteiger partial charge >= 0.3 is 0 Å². The predicted octanol–water partition coefficient (Wildman–Crippen LogP) is 1.64. The molecule has 1 heterocycles. The molecule has 1 amide bonds. The van der Waals surface area contributed by atoms with Crippen molar-refractivity contribution < 1.29 is 13.2 Å². The maximum absolute atomic E-state index is 11.9. The van der Waals surface area contributed by atoms with Gasteiger partial charge in [0.15, 0.2) is 15.8 Å². The fourth-order valence-electron chi connectivity index (χ4n) is 2.74. The van der Waals surface area contributed by atoms with Crippen LogP contribution in [0.25, 0.3) is 0 Å². The Kier molecular flexibility index (Phi) is 11.2. The van der Waals surface area contributed by atoms with Crippen molar-refractivity contribution in [2.24, 2.45) is 4.99 Å². The van der Waals surface area contributed by atoms with Gasteiger partial charge < -0.3 is 16.0 Å². The molecule has 0 bridgehead atoms. The molecule has 0 saturated carbocycles. The lowest BCUT2D eigenvalue weighted by molar-refractivity contribution is -0.121. The number of halogens is 1. The number of sulfone groups is 1. The minimum absolute atomic E-state index is 0. The van der Waals surface area contributed by atoms with E-state index in [1.165, 1.54) is 4.90 Å². The summed E-state index contributed by atoms with van der Waals surface area (Å²) in [5.74, 6) is 0.706. The van der Waals surface area contributed by atoms with E-state index in [2.05, 4.69) is 40.0 Å². The first kappa shape index (κ1) is 25.0. The monoisotopic (exact) mass is 540 g/mol. The Morgan fingerprint density at radius 1 is 1.29 bits per heavy atom. The molecule has 1 aromatic carbocycles. The summed E-state index contributed by atoms with van der Waals surface area (Å²) in [6, 6.07) is 9.96. The largest absolute Gasteiger partial charge is 0.356 e. The van der Waals surface area contributed by atoms with E-state index in [1.807, 2.05) is 18.2 Å². The van der Waals surface area contributed by atoms with Crippen LogP contribution in [0.15, 0.2) is 40.2 Å². The number of aliphatic imine (C=N–C) groups is 1. The van der Waals surface area contributed by atoms with E-state index < -0.39 is 9.84 Å². The Labute approximate surface area is 188 Å². The quantitative estimate of drug-likeness (QED) is 0.201. The summed E-state index contributed by atoms with van der Waals surface area (Å²) in [7, 11) is -1.29. The molecule has 1 aliphatic rings. The van der Waals surface area contributed by atoms with Gasteiger partial charge in [-0.25, -0.2) is 8.42 Å². The lowest BCUT2D eigenvalue weighted by Crippen LogP contribution is -2.42. The molecule has 7 nitrogen and oxygen atoms in total. The summed E-state index contributed by atoms with van der Waals surface area (Å²) in [5.41, 5.74) is 0. The fourth-order valence-corrected chi connectivity index (χ4v) is 5.36. The third kappa shape index (κ3) is 9.46. The van der Waals surface area contributed by atoms with E-state index in [0.717, 1.165) is 6.54 Å². The number of nitrogens with one attached hydrogen (secondary N) is 3. The number of carbonyl (C=O) groups excluding carboxylic acids is 1. The second-order valence-corrected chi connectivity index (χ2v) is 10.3. The summed E-state index contributed by atoms with van der Waals surface area (Å²) < 4.78 is 22.8. The minimum Gasteiger partial charge on any atom is -0.356 e. The van der Waals surface area contributed by atoms with Crippen LogP contribution >= 0.6 is 35.7 Å². The molecule has 2 unspecified atom stereocenters. The van der Waals surface area contributed by atoms with Gasteiger partial charge in [0, 0.05) is 42.7 Å². The molecule has 0 aromatic heterocycles. The zero-order valence-corrected chi connectivity index (χ0v) is 20.1. The van der Waals surface area contributed by atoms with Gasteiger partial charge in [0.1, 0.15) is 0 Å². The average Bonchev–Trinajstić information content (AvgIpc) is 2.97. The minimum atomic E-state index is -2.98. The molecular formula is C18H29IN4O3S2. The Bertz CT molecular complexity index is 744. The van der Waals surface area contributed by atoms with Crippen molar-refractivity contribution in [1.29, 1.82) is 0 Å². The van der Waals surface area contributed by atoms with Crippen molar-refractivity contribution in [3.63, 3.8) is 0 Å². The predicted molar refractivity (Wildman–Crippen MR) is 126 cm³/mol. The number of benzene rings is 1. The Balaban J connectivity index is 0.00000392. The first-order chi connectivity index (χ1) is 12.9. The molecule has 0 aliphatic carbocycles. The smallest absolute Gasteiger partial charge is 0.222 e. The Hall–Kier alpha value is -1.01. The van der Waals surface area contributed by atoms with Gasteiger partial charge in [0.2, 0.25) is 5.91 Å². The van der Waals surface area contributed by atoms with Gasteiger partial charge in [-0.3, -0.25) is 9.79 Å². The normalized spacial score (nSPS) is 19.4. The summed E-state index contributed by atoms with van der Waals surface area (Å²) in [4.78, 5) is 17.3. The van der Waals surface area contributed by atoms with Crippen molar-refractivity contribution in [3.05, 3.63) is 30.3 Å². The van der Waals surface area contributed by atoms with Crippen LogP contribution in [-0.4, -0.2) is 63.2 Å². The molecule has 2 atom stereocenters.